The standard InChI is InChI=1S/C18H22FN5O2/c19-17-16(21-14-3-1-2-8-24(14)17)18(26)22-9-6-13-12(11-22)4-5-15(25)23(13)10-7-20/h1-3,8,12-13H,4-7,9-11,20H2. The summed E-state index contributed by atoms with van der Waals surface area (Å²) >= 11 is 0. The van der Waals surface area contributed by atoms with Crippen molar-refractivity contribution in [2.45, 2.75) is 25.3 Å². The van der Waals surface area contributed by atoms with Crippen LogP contribution in [-0.2, 0) is 4.79 Å². The molecule has 0 bridgehead atoms. The smallest absolute Gasteiger partial charge is 0.277 e. The summed E-state index contributed by atoms with van der Waals surface area (Å²) in [6, 6.07) is 5.24. The number of imidazole rings is 1. The van der Waals surface area contributed by atoms with Gasteiger partial charge < -0.3 is 15.5 Å². The van der Waals surface area contributed by atoms with Gasteiger partial charge in [-0.1, -0.05) is 6.07 Å². The average Bonchev–Trinajstić information content (AvgIpc) is 3.00. The van der Waals surface area contributed by atoms with E-state index < -0.39 is 5.95 Å². The van der Waals surface area contributed by atoms with Gasteiger partial charge >= 0.3 is 0 Å². The molecule has 138 valence electrons. The van der Waals surface area contributed by atoms with Crippen LogP contribution in [0.3, 0.4) is 0 Å². The van der Waals surface area contributed by atoms with Gasteiger partial charge in [-0.2, -0.15) is 4.39 Å². The monoisotopic (exact) mass is 359 g/mol. The van der Waals surface area contributed by atoms with Gasteiger partial charge in [-0.05, 0) is 30.9 Å². The Kier molecular flexibility index (Phi) is 4.36. The van der Waals surface area contributed by atoms with Crippen LogP contribution in [0.5, 0.6) is 0 Å². The van der Waals surface area contributed by atoms with E-state index in [0.717, 1.165) is 6.42 Å². The Bertz CT molecular complexity index is 851. The van der Waals surface area contributed by atoms with Crippen LogP contribution < -0.4 is 5.73 Å². The van der Waals surface area contributed by atoms with E-state index in [2.05, 4.69) is 4.98 Å². The first-order chi connectivity index (χ1) is 12.6. The van der Waals surface area contributed by atoms with E-state index in [9.17, 15) is 14.0 Å². The highest BCUT2D eigenvalue weighted by atomic mass is 19.1. The van der Waals surface area contributed by atoms with Crippen LogP contribution in [-0.4, -0.2) is 63.2 Å². The number of nitrogens with zero attached hydrogens (tertiary/aromatic N) is 4. The molecule has 0 saturated carbocycles. The van der Waals surface area contributed by atoms with Gasteiger partial charge in [0.05, 0.1) is 0 Å². The van der Waals surface area contributed by atoms with Crippen LogP contribution in [0, 0.1) is 11.9 Å². The van der Waals surface area contributed by atoms with E-state index >= 15 is 0 Å². The molecular formula is C18H22FN5O2. The van der Waals surface area contributed by atoms with E-state index in [0.29, 0.717) is 44.7 Å². The molecule has 2 aliphatic rings. The number of halogens is 1. The molecule has 2 fully saturated rings. The zero-order valence-electron chi connectivity index (χ0n) is 14.5. The number of amides is 2. The molecule has 2 N–H and O–H groups in total. The summed E-state index contributed by atoms with van der Waals surface area (Å²) in [5.74, 6) is -0.664. The number of carbonyl (C=O) groups excluding carboxylic acids is 2. The lowest BCUT2D eigenvalue weighted by atomic mass is 9.83. The summed E-state index contributed by atoms with van der Waals surface area (Å²) < 4.78 is 15.8. The third kappa shape index (κ3) is 2.74. The number of fused-ring (bicyclic) bond motifs is 2. The molecule has 2 saturated heterocycles. The molecule has 2 aromatic rings. The van der Waals surface area contributed by atoms with Gasteiger partial charge in [0.1, 0.15) is 5.65 Å². The van der Waals surface area contributed by atoms with Crippen molar-refractivity contribution < 1.29 is 14.0 Å². The Balaban J connectivity index is 1.54. The Morgan fingerprint density at radius 3 is 2.96 bits per heavy atom. The van der Waals surface area contributed by atoms with Gasteiger partial charge in [-0.3, -0.25) is 14.0 Å². The second-order valence-corrected chi connectivity index (χ2v) is 6.96. The number of nitrogens with two attached hydrogens (primary N) is 1. The molecule has 4 heterocycles. The minimum Gasteiger partial charge on any atom is -0.338 e. The van der Waals surface area contributed by atoms with Crippen molar-refractivity contribution >= 4 is 17.5 Å². The van der Waals surface area contributed by atoms with Gasteiger partial charge in [0.15, 0.2) is 5.69 Å². The summed E-state index contributed by atoms with van der Waals surface area (Å²) in [7, 11) is 0. The number of likely N-dealkylation sites (tertiary alicyclic amines) is 2. The molecule has 2 unspecified atom stereocenters. The summed E-state index contributed by atoms with van der Waals surface area (Å²) in [6.07, 6.45) is 3.48. The van der Waals surface area contributed by atoms with Crippen LogP contribution in [0.25, 0.3) is 5.65 Å². The fraction of sp³-hybridized carbons (Fsp3) is 0.500. The molecule has 4 rings (SSSR count). The number of pyridine rings is 1. The molecule has 2 aromatic heterocycles. The lowest BCUT2D eigenvalue weighted by Gasteiger charge is -2.46. The first-order valence-electron chi connectivity index (χ1n) is 9.01. The zero-order valence-corrected chi connectivity index (χ0v) is 14.5. The quantitative estimate of drug-likeness (QED) is 0.882. The van der Waals surface area contributed by atoms with Crippen molar-refractivity contribution in [1.82, 2.24) is 19.2 Å². The summed E-state index contributed by atoms with van der Waals surface area (Å²) in [5, 5.41) is 0. The van der Waals surface area contributed by atoms with Gasteiger partial charge in [0.25, 0.3) is 5.91 Å². The third-order valence-electron chi connectivity index (χ3n) is 5.47. The molecule has 2 aliphatic heterocycles. The maximum absolute atomic E-state index is 14.6. The third-order valence-corrected chi connectivity index (χ3v) is 5.47. The van der Waals surface area contributed by atoms with Crippen LogP contribution >= 0.6 is 0 Å². The Labute approximate surface area is 150 Å². The molecule has 26 heavy (non-hydrogen) atoms. The van der Waals surface area contributed by atoms with E-state index in [1.54, 1.807) is 29.3 Å². The second kappa shape index (κ2) is 6.68. The molecule has 0 aliphatic carbocycles. The molecular weight excluding hydrogens is 337 g/mol. The fourth-order valence-electron chi connectivity index (χ4n) is 4.22. The summed E-state index contributed by atoms with van der Waals surface area (Å²) in [4.78, 5) is 32.7. The second-order valence-electron chi connectivity index (χ2n) is 6.96. The zero-order chi connectivity index (χ0) is 18.3. The number of hydrogen-bond acceptors (Lipinski definition) is 4. The summed E-state index contributed by atoms with van der Waals surface area (Å²) in [6.45, 7) is 1.99. The van der Waals surface area contributed by atoms with Gasteiger partial charge in [0, 0.05) is 44.8 Å². The van der Waals surface area contributed by atoms with Crippen molar-refractivity contribution in [3.63, 3.8) is 0 Å². The number of hydrogen-bond donors (Lipinski definition) is 1. The first kappa shape index (κ1) is 17.0. The molecule has 8 heteroatoms. The van der Waals surface area contributed by atoms with Crippen LogP contribution in [0.15, 0.2) is 24.4 Å². The van der Waals surface area contributed by atoms with Crippen molar-refractivity contribution in [1.29, 1.82) is 0 Å². The van der Waals surface area contributed by atoms with Crippen molar-refractivity contribution in [2.75, 3.05) is 26.2 Å². The average molecular weight is 359 g/mol. The Morgan fingerprint density at radius 2 is 2.19 bits per heavy atom. The number of piperidine rings is 2. The molecule has 7 nitrogen and oxygen atoms in total. The minimum atomic E-state index is -0.628. The number of rotatable bonds is 3. The van der Waals surface area contributed by atoms with Crippen molar-refractivity contribution in [3.8, 4) is 0 Å². The fourth-order valence-corrected chi connectivity index (χ4v) is 4.22. The number of carbonyl (C=O) groups is 2. The predicted octanol–water partition coefficient (Wildman–Crippen LogP) is 0.885. The largest absolute Gasteiger partial charge is 0.338 e. The van der Waals surface area contributed by atoms with E-state index in [4.69, 9.17) is 5.73 Å². The molecule has 0 aromatic carbocycles. The highest BCUT2D eigenvalue weighted by Crippen LogP contribution is 2.31. The van der Waals surface area contributed by atoms with Gasteiger partial charge in [-0.25, -0.2) is 4.98 Å². The first-order valence-corrected chi connectivity index (χ1v) is 9.01. The summed E-state index contributed by atoms with van der Waals surface area (Å²) in [5.41, 5.74) is 5.92. The van der Waals surface area contributed by atoms with E-state index in [1.165, 1.54) is 4.40 Å². The predicted molar refractivity (Wildman–Crippen MR) is 92.9 cm³/mol. The highest BCUT2D eigenvalue weighted by molar-refractivity contribution is 5.93. The minimum absolute atomic E-state index is 0.120. The van der Waals surface area contributed by atoms with Crippen LogP contribution in [0.2, 0.25) is 0 Å². The number of aromatic nitrogens is 2. The van der Waals surface area contributed by atoms with Crippen LogP contribution in [0.1, 0.15) is 29.8 Å². The molecule has 2 atom stereocenters. The van der Waals surface area contributed by atoms with Gasteiger partial charge in [-0.15, -0.1) is 0 Å². The molecule has 0 spiro atoms. The lowest BCUT2D eigenvalue weighted by Crippen LogP contribution is -2.57. The highest BCUT2D eigenvalue weighted by Gasteiger charge is 2.40. The molecule has 2 amide bonds. The van der Waals surface area contributed by atoms with Crippen molar-refractivity contribution in [3.05, 3.63) is 36.0 Å². The molecule has 0 radical (unpaired) electrons. The Morgan fingerprint density at radius 1 is 1.35 bits per heavy atom. The van der Waals surface area contributed by atoms with E-state index in [1.807, 2.05) is 4.90 Å². The Hall–Kier alpha value is -2.48. The normalized spacial score (nSPS) is 23.4. The topological polar surface area (TPSA) is 83.9 Å². The van der Waals surface area contributed by atoms with E-state index in [-0.39, 0.29) is 29.5 Å². The van der Waals surface area contributed by atoms with Gasteiger partial charge in [0.2, 0.25) is 11.9 Å². The maximum Gasteiger partial charge on any atom is 0.277 e. The SMILES string of the molecule is NCCN1C(=O)CCC2CN(C(=O)c3nc4ccccn4c3F)CCC21. The lowest BCUT2D eigenvalue weighted by molar-refractivity contribution is -0.140. The van der Waals surface area contributed by atoms with Crippen LogP contribution in [0.4, 0.5) is 4.39 Å². The van der Waals surface area contributed by atoms with Crippen molar-refractivity contribution in [2.24, 2.45) is 11.7 Å². The maximum atomic E-state index is 14.6.